The quantitative estimate of drug-likeness (QED) is 0.820. The first-order valence-electron chi connectivity index (χ1n) is 5.47. The van der Waals surface area contributed by atoms with Crippen LogP contribution in [0.3, 0.4) is 0 Å². The second kappa shape index (κ2) is 4.79. The topological polar surface area (TPSA) is 29.1 Å². The van der Waals surface area contributed by atoms with Crippen molar-refractivity contribution in [1.82, 2.24) is 5.32 Å². The highest BCUT2D eigenvalue weighted by Crippen LogP contribution is 2.23. The van der Waals surface area contributed by atoms with E-state index in [1.54, 1.807) is 0 Å². The monoisotopic (exact) mass is 213 g/mol. The highest BCUT2D eigenvalue weighted by Gasteiger charge is 2.06. The molecular formula is C14H15NO. The molecule has 82 valence electrons. The van der Waals surface area contributed by atoms with Crippen LogP contribution in [-0.4, -0.2) is 12.5 Å². The maximum atomic E-state index is 10.7. The summed E-state index contributed by atoms with van der Waals surface area (Å²) in [6.07, 6.45) is 9.39. The SMILES string of the molecule is CC(=O)NCC=Cc1cccc2c1CC=C2. The van der Waals surface area contributed by atoms with Crippen molar-refractivity contribution in [1.29, 1.82) is 0 Å². The molecule has 0 atom stereocenters. The number of hydrogen-bond acceptors (Lipinski definition) is 1. The van der Waals surface area contributed by atoms with Crippen LogP contribution in [0.1, 0.15) is 23.6 Å². The highest BCUT2D eigenvalue weighted by molar-refractivity contribution is 5.73. The summed E-state index contributed by atoms with van der Waals surface area (Å²) in [6.45, 7) is 2.12. The lowest BCUT2D eigenvalue weighted by atomic mass is 10.0. The molecule has 1 aliphatic rings. The largest absolute Gasteiger partial charge is 0.353 e. The molecule has 1 aliphatic carbocycles. The minimum atomic E-state index is 0.00427. The van der Waals surface area contributed by atoms with Gasteiger partial charge in [0.15, 0.2) is 0 Å². The van der Waals surface area contributed by atoms with Crippen molar-refractivity contribution in [2.45, 2.75) is 13.3 Å². The summed E-state index contributed by atoms with van der Waals surface area (Å²) in [7, 11) is 0. The molecule has 1 aromatic rings. The first kappa shape index (κ1) is 10.7. The first-order chi connectivity index (χ1) is 7.77. The maximum absolute atomic E-state index is 10.7. The molecule has 0 saturated carbocycles. The van der Waals surface area contributed by atoms with Gasteiger partial charge in [-0.15, -0.1) is 0 Å². The van der Waals surface area contributed by atoms with Crippen LogP contribution >= 0.6 is 0 Å². The van der Waals surface area contributed by atoms with E-state index < -0.39 is 0 Å². The van der Waals surface area contributed by atoms with Crippen molar-refractivity contribution >= 4 is 18.1 Å². The van der Waals surface area contributed by atoms with E-state index in [1.807, 2.05) is 6.08 Å². The van der Waals surface area contributed by atoms with E-state index in [4.69, 9.17) is 0 Å². The first-order valence-corrected chi connectivity index (χ1v) is 5.47. The zero-order chi connectivity index (χ0) is 11.4. The van der Waals surface area contributed by atoms with Crippen molar-refractivity contribution in [2.24, 2.45) is 0 Å². The number of benzene rings is 1. The Bertz CT molecular complexity index is 458. The van der Waals surface area contributed by atoms with Gasteiger partial charge in [0, 0.05) is 13.5 Å². The molecule has 0 unspecified atom stereocenters. The van der Waals surface area contributed by atoms with E-state index in [2.05, 4.69) is 41.7 Å². The third kappa shape index (κ3) is 2.40. The Kier molecular flexibility index (Phi) is 3.20. The molecule has 0 aromatic heterocycles. The van der Waals surface area contributed by atoms with Crippen LogP contribution in [0.2, 0.25) is 0 Å². The molecule has 0 radical (unpaired) electrons. The number of carbonyl (C=O) groups excluding carboxylic acids is 1. The second-order valence-electron chi connectivity index (χ2n) is 3.86. The van der Waals surface area contributed by atoms with Crippen LogP contribution in [-0.2, 0) is 11.2 Å². The lowest BCUT2D eigenvalue weighted by molar-refractivity contribution is -0.118. The summed E-state index contributed by atoms with van der Waals surface area (Å²) in [5, 5.41) is 2.74. The number of rotatable bonds is 3. The Morgan fingerprint density at radius 2 is 2.38 bits per heavy atom. The van der Waals surface area contributed by atoms with E-state index in [0.717, 1.165) is 6.42 Å². The summed E-state index contributed by atoms with van der Waals surface area (Å²) in [6, 6.07) is 6.30. The number of allylic oxidation sites excluding steroid dienone is 1. The van der Waals surface area contributed by atoms with Gasteiger partial charge in [0.1, 0.15) is 0 Å². The van der Waals surface area contributed by atoms with Gasteiger partial charge >= 0.3 is 0 Å². The number of amides is 1. The fraction of sp³-hybridized carbons (Fsp3) is 0.214. The van der Waals surface area contributed by atoms with Gasteiger partial charge in [-0.1, -0.05) is 42.5 Å². The average Bonchev–Trinajstić information content (AvgIpc) is 2.72. The second-order valence-corrected chi connectivity index (χ2v) is 3.86. The molecule has 0 saturated heterocycles. The Balaban J connectivity index is 2.06. The normalized spacial score (nSPS) is 13.1. The molecule has 2 heteroatoms. The number of carbonyl (C=O) groups is 1. The third-order valence-electron chi connectivity index (χ3n) is 2.63. The molecule has 0 aliphatic heterocycles. The van der Waals surface area contributed by atoms with Crippen LogP contribution < -0.4 is 5.32 Å². The van der Waals surface area contributed by atoms with Crippen molar-refractivity contribution < 1.29 is 4.79 Å². The average molecular weight is 213 g/mol. The Labute approximate surface area is 95.7 Å². The standard InChI is InChI=1S/C14H15NO/c1-11(16)15-10-4-8-13-6-2-5-12-7-3-9-14(12)13/h2-8H,9-10H2,1H3,(H,15,16). The van der Waals surface area contributed by atoms with Crippen LogP contribution in [0.4, 0.5) is 0 Å². The fourth-order valence-corrected chi connectivity index (χ4v) is 1.86. The van der Waals surface area contributed by atoms with Gasteiger partial charge in [0.25, 0.3) is 0 Å². The minimum absolute atomic E-state index is 0.00427. The maximum Gasteiger partial charge on any atom is 0.217 e. The molecule has 1 N–H and O–H groups in total. The van der Waals surface area contributed by atoms with Crippen molar-refractivity contribution in [3.8, 4) is 0 Å². The fourth-order valence-electron chi connectivity index (χ4n) is 1.86. The van der Waals surface area contributed by atoms with Crippen LogP contribution in [0, 0.1) is 0 Å². The summed E-state index contributed by atoms with van der Waals surface area (Å²) >= 11 is 0. The molecule has 1 aromatic carbocycles. The van der Waals surface area contributed by atoms with Crippen molar-refractivity contribution in [2.75, 3.05) is 6.54 Å². The van der Waals surface area contributed by atoms with Gasteiger partial charge in [-0.2, -0.15) is 0 Å². The highest BCUT2D eigenvalue weighted by atomic mass is 16.1. The Hall–Kier alpha value is -1.83. The van der Waals surface area contributed by atoms with Crippen LogP contribution in [0.25, 0.3) is 12.2 Å². The van der Waals surface area contributed by atoms with Gasteiger partial charge in [-0.25, -0.2) is 0 Å². The van der Waals surface area contributed by atoms with E-state index in [-0.39, 0.29) is 5.91 Å². The van der Waals surface area contributed by atoms with E-state index in [1.165, 1.54) is 23.6 Å². The zero-order valence-corrected chi connectivity index (χ0v) is 9.36. The van der Waals surface area contributed by atoms with Gasteiger partial charge in [0.05, 0.1) is 0 Å². The number of nitrogens with one attached hydrogen (secondary N) is 1. The minimum Gasteiger partial charge on any atom is -0.353 e. The van der Waals surface area contributed by atoms with Crippen LogP contribution in [0.15, 0.2) is 30.4 Å². The van der Waals surface area contributed by atoms with Crippen molar-refractivity contribution in [3.05, 3.63) is 47.0 Å². The summed E-state index contributed by atoms with van der Waals surface area (Å²) in [5.74, 6) is 0.00427. The van der Waals surface area contributed by atoms with E-state index in [9.17, 15) is 4.79 Å². The zero-order valence-electron chi connectivity index (χ0n) is 9.36. The molecular weight excluding hydrogens is 198 g/mol. The van der Waals surface area contributed by atoms with Gasteiger partial charge in [-0.05, 0) is 23.1 Å². The molecule has 1 amide bonds. The Morgan fingerprint density at radius 3 is 3.19 bits per heavy atom. The number of hydrogen-bond donors (Lipinski definition) is 1. The van der Waals surface area contributed by atoms with Gasteiger partial charge < -0.3 is 5.32 Å². The smallest absolute Gasteiger partial charge is 0.217 e. The van der Waals surface area contributed by atoms with E-state index >= 15 is 0 Å². The molecule has 0 heterocycles. The van der Waals surface area contributed by atoms with Crippen molar-refractivity contribution in [3.63, 3.8) is 0 Å². The van der Waals surface area contributed by atoms with Gasteiger partial charge in [0.2, 0.25) is 5.91 Å². The van der Waals surface area contributed by atoms with E-state index in [0.29, 0.717) is 6.54 Å². The summed E-state index contributed by atoms with van der Waals surface area (Å²) in [4.78, 5) is 10.7. The molecule has 0 spiro atoms. The molecule has 2 nitrogen and oxygen atoms in total. The summed E-state index contributed by atoms with van der Waals surface area (Å²) < 4.78 is 0. The third-order valence-corrected chi connectivity index (χ3v) is 2.63. The van der Waals surface area contributed by atoms with Gasteiger partial charge in [-0.3, -0.25) is 4.79 Å². The molecule has 0 bridgehead atoms. The van der Waals surface area contributed by atoms with Crippen LogP contribution in [0.5, 0.6) is 0 Å². The Morgan fingerprint density at radius 1 is 1.50 bits per heavy atom. The predicted octanol–water partition coefficient (Wildman–Crippen LogP) is 2.41. The summed E-state index contributed by atoms with van der Waals surface area (Å²) in [5.41, 5.74) is 3.93. The number of fused-ring (bicyclic) bond motifs is 1. The predicted molar refractivity (Wildman–Crippen MR) is 66.9 cm³/mol. The molecule has 16 heavy (non-hydrogen) atoms. The lowest BCUT2D eigenvalue weighted by Gasteiger charge is -2.03. The lowest BCUT2D eigenvalue weighted by Crippen LogP contribution is -2.19. The molecule has 2 rings (SSSR count). The molecule has 0 fully saturated rings.